The van der Waals surface area contributed by atoms with Gasteiger partial charge in [0.25, 0.3) is 0 Å². The molecule has 1 saturated heterocycles. The highest BCUT2D eigenvalue weighted by atomic mass is 19.1. The predicted octanol–water partition coefficient (Wildman–Crippen LogP) is -4.52. The zero-order valence-electron chi connectivity index (χ0n) is 26.2. The van der Waals surface area contributed by atoms with Crippen LogP contribution in [0.1, 0.15) is 38.2 Å². The first kappa shape index (κ1) is 38.6. The van der Waals surface area contributed by atoms with Gasteiger partial charge in [-0.3, -0.25) is 43.2 Å². The lowest BCUT2D eigenvalue weighted by molar-refractivity contribution is -0.132. The largest absolute Gasteiger partial charge is 0.368 e. The molecule has 1 heterocycles. The van der Waals surface area contributed by atoms with E-state index in [-0.39, 0.29) is 44.2 Å². The molecule has 0 saturated carbocycles. The van der Waals surface area contributed by atoms with Crippen LogP contribution in [0.25, 0.3) is 0 Å². The van der Waals surface area contributed by atoms with Crippen molar-refractivity contribution >= 4 is 53.2 Å². The molecule has 3 unspecified atom stereocenters. The van der Waals surface area contributed by atoms with Gasteiger partial charge >= 0.3 is 0 Å². The van der Waals surface area contributed by atoms with Crippen LogP contribution in [0.4, 0.5) is 4.39 Å². The Bertz CT molecular complexity index is 1390. The summed E-state index contributed by atoms with van der Waals surface area (Å²) < 4.78 is 14.4. The van der Waals surface area contributed by atoms with Crippen molar-refractivity contribution in [3.63, 3.8) is 0 Å². The van der Waals surface area contributed by atoms with Crippen LogP contribution >= 0.6 is 0 Å². The molecule has 0 aromatic heterocycles. The smallest absolute Gasteiger partial charge is 0.243 e. The van der Waals surface area contributed by atoms with Crippen molar-refractivity contribution in [3.8, 4) is 0 Å². The van der Waals surface area contributed by atoms with Crippen LogP contribution in [0.15, 0.2) is 24.3 Å². The number of amides is 9. The summed E-state index contributed by atoms with van der Waals surface area (Å²) in [5.41, 5.74) is 5.40. The third-order valence-corrected chi connectivity index (χ3v) is 6.81. The molecule has 19 heteroatoms. The number of carbonyl (C=O) groups excluding carboxylic acids is 9. The number of primary amides is 1. The normalized spacial score (nSPS) is 21.2. The summed E-state index contributed by atoms with van der Waals surface area (Å²) in [6, 6.07) is 1.64. The number of carbonyl (C=O) groups is 9. The topological polar surface area (TPSA) is 276 Å². The van der Waals surface area contributed by atoms with Gasteiger partial charge in [0.05, 0.1) is 26.2 Å². The number of hydrogen-bond acceptors (Lipinski definition) is 9. The molecule has 10 N–H and O–H groups in total. The first-order valence-electron chi connectivity index (χ1n) is 15.0. The highest BCUT2D eigenvalue weighted by Crippen LogP contribution is 2.09. The lowest BCUT2D eigenvalue weighted by Crippen LogP contribution is -2.54. The first-order valence-corrected chi connectivity index (χ1v) is 15.0. The summed E-state index contributed by atoms with van der Waals surface area (Å²) in [6.07, 6.45) is -0.557. The summed E-state index contributed by atoms with van der Waals surface area (Å²) in [5.74, 6) is -7.44. The van der Waals surface area contributed by atoms with E-state index in [0.29, 0.717) is 0 Å². The lowest BCUT2D eigenvalue weighted by Gasteiger charge is -2.21. The van der Waals surface area contributed by atoms with Gasteiger partial charge in [0.2, 0.25) is 53.2 Å². The molecule has 1 aromatic carbocycles. The van der Waals surface area contributed by atoms with Crippen molar-refractivity contribution in [3.05, 3.63) is 35.6 Å². The Morgan fingerprint density at radius 2 is 1.48 bits per heavy atom. The van der Waals surface area contributed by atoms with Gasteiger partial charge in [-0.15, -0.1) is 0 Å². The zero-order chi connectivity index (χ0) is 35.6. The van der Waals surface area contributed by atoms with E-state index in [1.165, 1.54) is 25.1 Å². The fraction of sp³-hybridized carbons (Fsp3) is 0.483. The Kier molecular flexibility index (Phi) is 15.9. The summed E-state index contributed by atoms with van der Waals surface area (Å²) in [6.45, 7) is -1.10. The molecule has 0 radical (unpaired) electrons. The highest BCUT2D eigenvalue weighted by molar-refractivity contribution is 5.95. The standard InChI is InChI=1S/C29H40FN9O9/c1-16(40)33-13-24(43)38-20-7-4-10-32-22(41)9-8-19(27(31)46)37-25(44)14-34-23(42)12-35-29(48)21(39-26(45)15-36-28(20)47)11-17-5-2-3-6-18(17)30/h2-3,5-6,19-21H,4,7-15H2,1H3,(H2,31,46)(H,32,41)(H,33,40)(H,34,42)(H,35,48)(H,36,47)(H,37,44)(H,38,43)(H,39,45). The summed E-state index contributed by atoms with van der Waals surface area (Å²) in [7, 11) is 0. The number of nitrogens with two attached hydrogens (primary N) is 1. The first-order chi connectivity index (χ1) is 22.7. The monoisotopic (exact) mass is 677 g/mol. The maximum absolute atomic E-state index is 14.4. The van der Waals surface area contributed by atoms with Crippen molar-refractivity contribution in [1.82, 2.24) is 42.5 Å². The number of hydrogen-bond donors (Lipinski definition) is 9. The molecule has 3 atom stereocenters. The molecule has 1 aromatic rings. The van der Waals surface area contributed by atoms with Crippen LogP contribution in [0.5, 0.6) is 0 Å². The molecule has 0 bridgehead atoms. The van der Waals surface area contributed by atoms with Crippen LogP contribution < -0.4 is 48.3 Å². The van der Waals surface area contributed by atoms with Crippen LogP contribution in [0.2, 0.25) is 0 Å². The van der Waals surface area contributed by atoms with Gasteiger partial charge < -0.3 is 48.3 Å². The second kappa shape index (κ2) is 19.8. The van der Waals surface area contributed by atoms with E-state index in [1.54, 1.807) is 0 Å². The van der Waals surface area contributed by atoms with Gasteiger partial charge in [0.1, 0.15) is 23.9 Å². The quantitative estimate of drug-likeness (QED) is 0.140. The van der Waals surface area contributed by atoms with Crippen LogP contribution in [0.3, 0.4) is 0 Å². The fourth-order valence-corrected chi connectivity index (χ4v) is 4.31. The minimum absolute atomic E-state index is 0.0150. The van der Waals surface area contributed by atoms with Crippen LogP contribution in [-0.4, -0.2) is 104 Å². The van der Waals surface area contributed by atoms with Crippen LogP contribution in [-0.2, 0) is 49.6 Å². The van der Waals surface area contributed by atoms with E-state index < -0.39 is 103 Å². The van der Waals surface area contributed by atoms with E-state index in [0.717, 1.165) is 6.07 Å². The minimum Gasteiger partial charge on any atom is -0.368 e. The average molecular weight is 678 g/mol. The Labute approximate surface area is 274 Å². The Hall–Kier alpha value is -5.62. The SMILES string of the molecule is CC(=O)NCC(=O)NC1CCCNC(=O)CCC(C(N)=O)NC(=O)CNC(=O)CNC(=O)C(Cc2ccccc2F)NC(=O)CNC1=O. The molecular formula is C29H40FN9O9. The van der Waals surface area contributed by atoms with Crippen molar-refractivity contribution in [2.75, 3.05) is 32.7 Å². The van der Waals surface area contributed by atoms with E-state index in [2.05, 4.69) is 42.5 Å². The minimum atomic E-state index is -1.41. The van der Waals surface area contributed by atoms with Crippen molar-refractivity contribution < 1.29 is 47.5 Å². The molecule has 0 aliphatic carbocycles. The van der Waals surface area contributed by atoms with E-state index >= 15 is 0 Å². The zero-order valence-corrected chi connectivity index (χ0v) is 26.2. The Morgan fingerprint density at radius 1 is 0.833 bits per heavy atom. The molecule has 1 aliphatic rings. The van der Waals surface area contributed by atoms with Gasteiger partial charge in [0.15, 0.2) is 0 Å². The van der Waals surface area contributed by atoms with E-state index in [9.17, 15) is 47.5 Å². The van der Waals surface area contributed by atoms with E-state index in [4.69, 9.17) is 5.73 Å². The molecule has 1 fully saturated rings. The lowest BCUT2D eigenvalue weighted by atomic mass is 10.0. The Balaban J connectivity index is 2.24. The van der Waals surface area contributed by atoms with Crippen molar-refractivity contribution in [1.29, 1.82) is 0 Å². The van der Waals surface area contributed by atoms with Crippen molar-refractivity contribution in [2.45, 2.75) is 57.2 Å². The number of halogens is 1. The molecule has 2 rings (SSSR count). The van der Waals surface area contributed by atoms with Crippen molar-refractivity contribution in [2.24, 2.45) is 5.73 Å². The number of nitrogens with one attached hydrogen (secondary N) is 8. The summed E-state index contributed by atoms with van der Waals surface area (Å²) in [4.78, 5) is 111. The second-order valence-corrected chi connectivity index (χ2v) is 10.7. The fourth-order valence-electron chi connectivity index (χ4n) is 4.31. The molecular weight excluding hydrogens is 637 g/mol. The van der Waals surface area contributed by atoms with E-state index in [1.807, 2.05) is 0 Å². The Morgan fingerprint density at radius 3 is 2.17 bits per heavy atom. The molecule has 48 heavy (non-hydrogen) atoms. The average Bonchev–Trinajstić information content (AvgIpc) is 3.03. The molecule has 1 aliphatic heterocycles. The third-order valence-electron chi connectivity index (χ3n) is 6.81. The number of benzene rings is 1. The van der Waals surface area contributed by atoms with Crippen LogP contribution in [0, 0.1) is 5.82 Å². The number of rotatable bonds is 6. The molecule has 18 nitrogen and oxygen atoms in total. The predicted molar refractivity (Wildman–Crippen MR) is 164 cm³/mol. The highest BCUT2D eigenvalue weighted by Gasteiger charge is 2.26. The van der Waals surface area contributed by atoms with Gasteiger partial charge in [-0.25, -0.2) is 4.39 Å². The summed E-state index contributed by atoms with van der Waals surface area (Å²) in [5, 5.41) is 18.9. The van der Waals surface area contributed by atoms with Gasteiger partial charge in [-0.05, 0) is 30.9 Å². The maximum atomic E-state index is 14.4. The molecule has 0 spiro atoms. The second-order valence-electron chi connectivity index (χ2n) is 10.7. The van der Waals surface area contributed by atoms with Gasteiger partial charge in [0, 0.05) is 26.3 Å². The van der Waals surface area contributed by atoms with Gasteiger partial charge in [-0.2, -0.15) is 0 Å². The third kappa shape index (κ3) is 14.6. The maximum Gasteiger partial charge on any atom is 0.243 e. The molecule has 9 amide bonds. The summed E-state index contributed by atoms with van der Waals surface area (Å²) >= 11 is 0. The molecule has 262 valence electrons. The van der Waals surface area contributed by atoms with Gasteiger partial charge in [-0.1, -0.05) is 18.2 Å².